The van der Waals surface area contributed by atoms with Gasteiger partial charge in [-0.3, -0.25) is 19.3 Å². The molecule has 2 rings (SSSR count). The van der Waals surface area contributed by atoms with E-state index in [0.29, 0.717) is 23.4 Å². The highest BCUT2D eigenvalue weighted by Gasteiger charge is 2.34. The van der Waals surface area contributed by atoms with E-state index in [4.69, 9.17) is 14.2 Å². The van der Waals surface area contributed by atoms with Crippen molar-refractivity contribution in [3.8, 4) is 5.75 Å². The van der Waals surface area contributed by atoms with Crippen molar-refractivity contribution >= 4 is 29.3 Å². The van der Waals surface area contributed by atoms with Gasteiger partial charge in [-0.25, -0.2) is 4.79 Å². The van der Waals surface area contributed by atoms with E-state index in [1.54, 1.807) is 26.0 Å². The quantitative estimate of drug-likeness (QED) is 0.470. The van der Waals surface area contributed by atoms with Gasteiger partial charge in [-0.1, -0.05) is 6.92 Å². The SMILES string of the molecule is CCCOC(=O)C(C)N1C(=O)COc2ccc(C(=O)CCC(=O)OCC)cc21. The van der Waals surface area contributed by atoms with Crippen LogP contribution in [-0.4, -0.2) is 49.5 Å². The maximum absolute atomic E-state index is 12.4. The molecule has 1 amide bonds. The van der Waals surface area contributed by atoms with Crippen molar-refractivity contribution in [2.24, 2.45) is 0 Å². The zero-order valence-electron chi connectivity index (χ0n) is 16.4. The van der Waals surface area contributed by atoms with Crippen molar-refractivity contribution in [1.29, 1.82) is 0 Å². The third-order valence-electron chi connectivity index (χ3n) is 4.20. The Hall–Kier alpha value is -2.90. The minimum atomic E-state index is -0.855. The summed E-state index contributed by atoms with van der Waals surface area (Å²) in [5.74, 6) is -1.24. The van der Waals surface area contributed by atoms with Gasteiger partial charge < -0.3 is 14.2 Å². The van der Waals surface area contributed by atoms with Gasteiger partial charge in [0.05, 0.1) is 25.3 Å². The molecule has 8 heteroatoms. The normalized spacial score (nSPS) is 14.0. The van der Waals surface area contributed by atoms with Gasteiger partial charge in [0.25, 0.3) is 5.91 Å². The number of fused-ring (bicyclic) bond motifs is 1. The van der Waals surface area contributed by atoms with Gasteiger partial charge >= 0.3 is 11.9 Å². The molecule has 0 bridgehead atoms. The highest BCUT2D eigenvalue weighted by molar-refractivity contribution is 6.05. The number of hydrogen-bond acceptors (Lipinski definition) is 7. The van der Waals surface area contributed by atoms with Gasteiger partial charge in [0.2, 0.25) is 0 Å². The average molecular weight is 391 g/mol. The molecule has 8 nitrogen and oxygen atoms in total. The van der Waals surface area contributed by atoms with Crippen LogP contribution in [0.3, 0.4) is 0 Å². The fourth-order valence-corrected chi connectivity index (χ4v) is 2.79. The van der Waals surface area contributed by atoms with E-state index in [9.17, 15) is 19.2 Å². The van der Waals surface area contributed by atoms with Gasteiger partial charge in [0.1, 0.15) is 11.8 Å². The Morgan fingerprint density at radius 2 is 1.93 bits per heavy atom. The van der Waals surface area contributed by atoms with Crippen LogP contribution in [0.25, 0.3) is 0 Å². The first kappa shape index (κ1) is 21.4. The molecule has 0 saturated heterocycles. The number of esters is 2. The van der Waals surface area contributed by atoms with E-state index in [1.807, 2.05) is 6.92 Å². The lowest BCUT2D eigenvalue weighted by Crippen LogP contribution is -2.48. The molecule has 0 aromatic heterocycles. The molecule has 0 saturated carbocycles. The summed E-state index contributed by atoms with van der Waals surface area (Å²) < 4.78 is 15.4. The van der Waals surface area contributed by atoms with Crippen molar-refractivity contribution in [3.05, 3.63) is 23.8 Å². The number of amides is 1. The van der Waals surface area contributed by atoms with Crippen LogP contribution in [-0.2, 0) is 23.9 Å². The molecule has 0 N–H and O–H groups in total. The molecular weight excluding hydrogens is 366 g/mol. The lowest BCUT2D eigenvalue weighted by molar-refractivity contribution is -0.146. The summed E-state index contributed by atoms with van der Waals surface area (Å²) >= 11 is 0. The summed E-state index contributed by atoms with van der Waals surface area (Å²) in [6.45, 7) is 5.46. The predicted octanol–water partition coefficient (Wildman–Crippen LogP) is 2.28. The molecule has 0 aliphatic carbocycles. The van der Waals surface area contributed by atoms with Crippen LogP contribution in [0.2, 0.25) is 0 Å². The Labute approximate surface area is 163 Å². The van der Waals surface area contributed by atoms with E-state index in [-0.39, 0.29) is 38.4 Å². The number of carbonyl (C=O) groups excluding carboxylic acids is 4. The van der Waals surface area contributed by atoms with Gasteiger partial charge in [-0.15, -0.1) is 0 Å². The highest BCUT2D eigenvalue weighted by atomic mass is 16.5. The molecule has 1 heterocycles. The zero-order chi connectivity index (χ0) is 20.7. The molecule has 0 spiro atoms. The third kappa shape index (κ3) is 5.09. The minimum absolute atomic E-state index is 0.0134. The predicted molar refractivity (Wildman–Crippen MR) is 100 cm³/mol. The summed E-state index contributed by atoms with van der Waals surface area (Å²) in [6, 6.07) is 3.80. The van der Waals surface area contributed by atoms with Gasteiger partial charge in [0.15, 0.2) is 12.4 Å². The Bertz CT molecular complexity index is 759. The topological polar surface area (TPSA) is 99.2 Å². The molecule has 1 unspecified atom stereocenters. The number of hydrogen-bond donors (Lipinski definition) is 0. The fraction of sp³-hybridized carbons (Fsp3) is 0.500. The van der Waals surface area contributed by atoms with Crippen molar-refractivity contribution in [3.63, 3.8) is 0 Å². The summed E-state index contributed by atoms with van der Waals surface area (Å²) in [6.07, 6.45) is 0.633. The maximum Gasteiger partial charge on any atom is 0.328 e. The Morgan fingerprint density at radius 3 is 2.61 bits per heavy atom. The molecular formula is C20H25NO7. The number of rotatable bonds is 9. The lowest BCUT2D eigenvalue weighted by Gasteiger charge is -2.33. The van der Waals surface area contributed by atoms with Crippen LogP contribution < -0.4 is 9.64 Å². The van der Waals surface area contributed by atoms with Gasteiger partial charge in [-0.05, 0) is 38.5 Å². The van der Waals surface area contributed by atoms with Crippen molar-refractivity contribution in [1.82, 2.24) is 0 Å². The number of benzene rings is 1. The van der Waals surface area contributed by atoms with Crippen molar-refractivity contribution in [2.75, 3.05) is 24.7 Å². The average Bonchev–Trinajstić information content (AvgIpc) is 2.69. The molecule has 1 aliphatic rings. The Balaban J connectivity index is 2.21. The van der Waals surface area contributed by atoms with Crippen LogP contribution in [0.4, 0.5) is 5.69 Å². The number of nitrogens with zero attached hydrogens (tertiary/aromatic N) is 1. The summed E-state index contributed by atoms with van der Waals surface area (Å²) in [7, 11) is 0. The van der Waals surface area contributed by atoms with Crippen LogP contribution in [0.1, 0.15) is 50.4 Å². The molecule has 152 valence electrons. The molecule has 1 aromatic rings. The first-order valence-electron chi connectivity index (χ1n) is 9.33. The molecule has 1 aliphatic heterocycles. The summed E-state index contributed by atoms with van der Waals surface area (Å²) in [5, 5.41) is 0. The fourth-order valence-electron chi connectivity index (χ4n) is 2.79. The molecule has 0 radical (unpaired) electrons. The molecule has 1 atom stereocenters. The van der Waals surface area contributed by atoms with Crippen LogP contribution in [0.15, 0.2) is 18.2 Å². The monoisotopic (exact) mass is 391 g/mol. The van der Waals surface area contributed by atoms with E-state index < -0.39 is 23.9 Å². The minimum Gasteiger partial charge on any atom is -0.482 e. The second-order valence-electron chi connectivity index (χ2n) is 6.31. The summed E-state index contributed by atoms with van der Waals surface area (Å²) in [5.41, 5.74) is 0.652. The lowest BCUT2D eigenvalue weighted by atomic mass is 10.0. The largest absolute Gasteiger partial charge is 0.482 e. The van der Waals surface area contributed by atoms with Gasteiger partial charge in [-0.2, -0.15) is 0 Å². The van der Waals surface area contributed by atoms with Crippen LogP contribution in [0.5, 0.6) is 5.75 Å². The molecule has 0 fully saturated rings. The van der Waals surface area contributed by atoms with E-state index >= 15 is 0 Å². The zero-order valence-corrected chi connectivity index (χ0v) is 16.4. The number of carbonyl (C=O) groups is 4. The third-order valence-corrected chi connectivity index (χ3v) is 4.20. The maximum atomic E-state index is 12.4. The van der Waals surface area contributed by atoms with E-state index in [1.165, 1.54) is 11.0 Å². The Morgan fingerprint density at radius 1 is 1.18 bits per heavy atom. The highest BCUT2D eigenvalue weighted by Crippen LogP contribution is 2.35. The van der Waals surface area contributed by atoms with Crippen LogP contribution >= 0.6 is 0 Å². The second-order valence-corrected chi connectivity index (χ2v) is 6.31. The molecule has 28 heavy (non-hydrogen) atoms. The molecule has 1 aromatic carbocycles. The van der Waals surface area contributed by atoms with Crippen molar-refractivity contribution in [2.45, 2.75) is 46.1 Å². The number of anilines is 1. The first-order chi connectivity index (χ1) is 13.4. The van der Waals surface area contributed by atoms with Crippen molar-refractivity contribution < 1.29 is 33.4 Å². The number of ether oxygens (including phenoxy) is 3. The van der Waals surface area contributed by atoms with Gasteiger partial charge in [0, 0.05) is 12.0 Å². The number of Topliss-reactive ketones (excluding diaryl/α,β-unsaturated/α-hetero) is 1. The summed E-state index contributed by atoms with van der Waals surface area (Å²) in [4.78, 5) is 49.8. The van der Waals surface area contributed by atoms with E-state index in [0.717, 1.165) is 0 Å². The standard InChI is InChI=1S/C20H25NO7/c1-4-10-27-20(25)13(3)21-15-11-14(6-8-17(15)28-12-18(21)23)16(22)7-9-19(24)26-5-2/h6,8,11,13H,4-5,7,9-10,12H2,1-3H3. The second kappa shape index (κ2) is 9.87. The number of ketones is 1. The van der Waals surface area contributed by atoms with E-state index in [2.05, 4.69) is 0 Å². The smallest absolute Gasteiger partial charge is 0.328 e. The van der Waals surface area contributed by atoms with Crippen LogP contribution in [0, 0.1) is 0 Å². The Kier molecular flexibility index (Phi) is 7.54. The first-order valence-corrected chi connectivity index (χ1v) is 9.33.